The molecule has 0 bridgehead atoms. The Morgan fingerprint density at radius 3 is 2.27 bits per heavy atom. The van der Waals surface area contributed by atoms with E-state index in [1.54, 1.807) is 24.3 Å². The van der Waals surface area contributed by atoms with Gasteiger partial charge in [-0.2, -0.15) is 0 Å². The number of likely N-dealkylation sites (tertiary alicyclic amines) is 1. The Labute approximate surface area is 153 Å². The van der Waals surface area contributed by atoms with E-state index in [0.29, 0.717) is 23.6 Å². The van der Waals surface area contributed by atoms with Gasteiger partial charge < -0.3 is 11.1 Å². The summed E-state index contributed by atoms with van der Waals surface area (Å²) in [7, 11) is 0. The van der Waals surface area contributed by atoms with Crippen LogP contribution in [0.4, 0.5) is 0 Å². The molecule has 0 aliphatic carbocycles. The Hall–Kier alpha value is -2.73. The van der Waals surface area contributed by atoms with Crippen LogP contribution in [0.5, 0.6) is 0 Å². The normalized spacial score (nSPS) is 15.5. The summed E-state index contributed by atoms with van der Waals surface area (Å²) in [5.41, 5.74) is 7.44. The summed E-state index contributed by atoms with van der Waals surface area (Å²) in [6.45, 7) is 3.71. The van der Waals surface area contributed by atoms with Crippen molar-refractivity contribution in [2.24, 2.45) is 11.7 Å². The number of piperidine rings is 1. The Kier molecular flexibility index (Phi) is 5.96. The van der Waals surface area contributed by atoms with Gasteiger partial charge in [0.25, 0.3) is 5.91 Å². The van der Waals surface area contributed by atoms with E-state index >= 15 is 0 Å². The molecule has 1 fully saturated rings. The van der Waals surface area contributed by atoms with Crippen molar-refractivity contribution in [2.75, 3.05) is 19.6 Å². The molecule has 0 unspecified atom stereocenters. The van der Waals surface area contributed by atoms with Gasteiger partial charge >= 0.3 is 0 Å². The van der Waals surface area contributed by atoms with Gasteiger partial charge in [-0.05, 0) is 73.8 Å². The second-order valence-electron chi connectivity index (χ2n) is 6.73. The zero-order valence-electron chi connectivity index (χ0n) is 14.7. The maximum absolute atomic E-state index is 12.2. The number of carbonyl (C=O) groups excluding carboxylic acids is 2. The molecule has 136 valence electrons. The average molecular weight is 352 g/mol. The van der Waals surface area contributed by atoms with Crippen LogP contribution >= 0.6 is 0 Å². The summed E-state index contributed by atoms with van der Waals surface area (Å²) in [5, 5.41) is 3.00. The minimum Gasteiger partial charge on any atom is -0.366 e. The highest BCUT2D eigenvalue weighted by atomic mass is 16.2. The first-order valence-electron chi connectivity index (χ1n) is 8.91. The highest BCUT2D eigenvalue weighted by molar-refractivity contribution is 5.97. The number of primary amides is 1. The average Bonchev–Trinajstić information content (AvgIpc) is 2.68. The Morgan fingerprint density at radius 2 is 1.65 bits per heavy atom. The lowest BCUT2D eigenvalue weighted by atomic mass is 9.96. The molecule has 2 amide bonds. The van der Waals surface area contributed by atoms with Gasteiger partial charge in [-0.3, -0.25) is 19.5 Å². The topological polar surface area (TPSA) is 88.3 Å². The molecule has 0 atom stereocenters. The molecule has 1 aromatic heterocycles. The number of nitrogens with zero attached hydrogens (tertiary/aromatic N) is 2. The minimum absolute atomic E-state index is 0.111. The van der Waals surface area contributed by atoms with Crippen LogP contribution in [0.15, 0.2) is 48.8 Å². The fourth-order valence-corrected chi connectivity index (χ4v) is 3.22. The molecule has 1 aliphatic heterocycles. The molecular weight excluding hydrogens is 328 g/mol. The van der Waals surface area contributed by atoms with Crippen molar-refractivity contribution in [1.82, 2.24) is 15.2 Å². The summed E-state index contributed by atoms with van der Waals surface area (Å²) in [5.74, 6) is -0.103. The van der Waals surface area contributed by atoms with Crippen molar-refractivity contribution in [1.29, 1.82) is 0 Å². The molecule has 3 rings (SSSR count). The van der Waals surface area contributed by atoms with E-state index in [-0.39, 0.29) is 5.91 Å². The minimum atomic E-state index is -0.490. The van der Waals surface area contributed by atoms with E-state index in [1.165, 1.54) is 5.56 Å². The number of hydrogen-bond acceptors (Lipinski definition) is 4. The molecular formula is C20H24N4O2. The lowest BCUT2D eigenvalue weighted by Crippen LogP contribution is -2.38. The third-order valence-corrected chi connectivity index (χ3v) is 4.85. The van der Waals surface area contributed by atoms with Crippen LogP contribution in [0, 0.1) is 5.92 Å². The predicted octanol–water partition coefficient (Wildman–Crippen LogP) is 1.82. The number of pyridine rings is 1. The number of rotatable bonds is 6. The third kappa shape index (κ3) is 4.89. The van der Waals surface area contributed by atoms with Gasteiger partial charge in [0, 0.05) is 36.6 Å². The summed E-state index contributed by atoms with van der Waals surface area (Å²) in [6.07, 6.45) is 5.80. The lowest BCUT2D eigenvalue weighted by molar-refractivity contribution is 0.0933. The molecule has 6 nitrogen and oxygen atoms in total. The van der Waals surface area contributed by atoms with E-state index in [4.69, 9.17) is 5.73 Å². The third-order valence-electron chi connectivity index (χ3n) is 4.85. The van der Waals surface area contributed by atoms with Gasteiger partial charge in [-0.15, -0.1) is 0 Å². The van der Waals surface area contributed by atoms with E-state index in [9.17, 15) is 9.59 Å². The predicted molar refractivity (Wildman–Crippen MR) is 99.5 cm³/mol. The Bertz CT molecular complexity index is 738. The van der Waals surface area contributed by atoms with Crippen molar-refractivity contribution >= 4 is 11.8 Å². The number of amides is 2. The Morgan fingerprint density at radius 1 is 1.04 bits per heavy atom. The quantitative estimate of drug-likeness (QED) is 0.830. The zero-order valence-corrected chi connectivity index (χ0v) is 14.7. The zero-order chi connectivity index (χ0) is 18.4. The van der Waals surface area contributed by atoms with Crippen molar-refractivity contribution in [3.63, 3.8) is 0 Å². The molecule has 26 heavy (non-hydrogen) atoms. The van der Waals surface area contributed by atoms with Crippen LogP contribution in [0.3, 0.4) is 0 Å². The van der Waals surface area contributed by atoms with E-state index < -0.39 is 5.91 Å². The number of benzene rings is 1. The van der Waals surface area contributed by atoms with E-state index in [2.05, 4.69) is 27.3 Å². The van der Waals surface area contributed by atoms with Gasteiger partial charge in [0.15, 0.2) is 0 Å². The van der Waals surface area contributed by atoms with Crippen LogP contribution in [0.25, 0.3) is 0 Å². The number of nitrogens with two attached hydrogens (primary N) is 1. The van der Waals surface area contributed by atoms with E-state index in [1.807, 2.05) is 12.4 Å². The van der Waals surface area contributed by atoms with Crippen LogP contribution in [0.2, 0.25) is 0 Å². The maximum Gasteiger partial charge on any atom is 0.251 e. The van der Waals surface area contributed by atoms with Gasteiger partial charge in [-0.25, -0.2) is 0 Å². The van der Waals surface area contributed by atoms with Gasteiger partial charge in [0.1, 0.15) is 0 Å². The maximum atomic E-state index is 12.2. The molecule has 0 saturated carbocycles. The SMILES string of the molecule is NC(=O)c1ccc(C(=O)NCC2CCN(Cc3ccncc3)CC2)cc1. The Balaban J connectivity index is 1.42. The second kappa shape index (κ2) is 8.58. The van der Waals surface area contributed by atoms with Crippen LogP contribution in [-0.2, 0) is 6.54 Å². The van der Waals surface area contributed by atoms with Crippen molar-refractivity contribution < 1.29 is 9.59 Å². The molecule has 2 aromatic rings. The summed E-state index contributed by atoms with van der Waals surface area (Å²) < 4.78 is 0. The smallest absolute Gasteiger partial charge is 0.251 e. The summed E-state index contributed by atoms with van der Waals surface area (Å²) in [6, 6.07) is 10.5. The number of hydrogen-bond donors (Lipinski definition) is 2. The van der Waals surface area contributed by atoms with Gasteiger partial charge in [0.2, 0.25) is 5.91 Å². The van der Waals surface area contributed by atoms with Crippen molar-refractivity contribution in [3.8, 4) is 0 Å². The van der Waals surface area contributed by atoms with Crippen molar-refractivity contribution in [3.05, 3.63) is 65.5 Å². The monoisotopic (exact) mass is 352 g/mol. The largest absolute Gasteiger partial charge is 0.366 e. The molecule has 1 saturated heterocycles. The molecule has 1 aliphatic rings. The fourth-order valence-electron chi connectivity index (χ4n) is 3.22. The molecule has 0 spiro atoms. The number of carbonyl (C=O) groups is 2. The van der Waals surface area contributed by atoms with Crippen LogP contribution < -0.4 is 11.1 Å². The summed E-state index contributed by atoms with van der Waals surface area (Å²) in [4.78, 5) is 29.8. The first-order valence-corrected chi connectivity index (χ1v) is 8.91. The van der Waals surface area contributed by atoms with E-state index in [0.717, 1.165) is 32.5 Å². The molecule has 2 heterocycles. The standard InChI is InChI=1S/C20H24N4O2/c21-19(25)17-1-3-18(4-2-17)20(26)23-13-15-7-11-24(12-8-15)14-16-5-9-22-10-6-16/h1-6,9-10,15H,7-8,11-14H2,(H2,21,25)(H,23,26). The lowest BCUT2D eigenvalue weighted by Gasteiger charge is -2.32. The van der Waals surface area contributed by atoms with Gasteiger partial charge in [0.05, 0.1) is 0 Å². The first-order chi connectivity index (χ1) is 12.6. The van der Waals surface area contributed by atoms with Crippen LogP contribution in [0.1, 0.15) is 39.1 Å². The highest BCUT2D eigenvalue weighted by Gasteiger charge is 2.20. The number of nitrogens with one attached hydrogen (secondary N) is 1. The highest BCUT2D eigenvalue weighted by Crippen LogP contribution is 2.18. The molecule has 6 heteroatoms. The number of aromatic nitrogens is 1. The molecule has 3 N–H and O–H groups in total. The van der Waals surface area contributed by atoms with Gasteiger partial charge in [-0.1, -0.05) is 0 Å². The molecule has 1 aromatic carbocycles. The fraction of sp³-hybridized carbons (Fsp3) is 0.350. The second-order valence-corrected chi connectivity index (χ2v) is 6.73. The summed E-state index contributed by atoms with van der Waals surface area (Å²) >= 11 is 0. The first kappa shape index (κ1) is 18.1. The molecule has 0 radical (unpaired) electrons. The van der Waals surface area contributed by atoms with Crippen molar-refractivity contribution in [2.45, 2.75) is 19.4 Å². The van der Waals surface area contributed by atoms with Crippen LogP contribution in [-0.4, -0.2) is 41.3 Å².